The number of hydrogen-bond acceptors (Lipinski definition) is 3. The molecular weight excluding hydrogens is 218 g/mol. The van der Waals surface area contributed by atoms with Gasteiger partial charge in [0.15, 0.2) is 0 Å². The fourth-order valence-corrected chi connectivity index (χ4v) is 2.02. The van der Waals surface area contributed by atoms with E-state index < -0.39 is 0 Å². The number of likely N-dealkylation sites (tertiary alicyclic amines) is 1. The average molecular weight is 241 g/mol. The molecule has 0 aromatic carbocycles. The minimum absolute atomic E-state index is 0.0326. The summed E-state index contributed by atoms with van der Waals surface area (Å²) in [4.78, 5) is 26.9. The maximum atomic E-state index is 11.9. The minimum atomic E-state index is -0.0326. The molecule has 1 rings (SSSR count). The zero-order valence-electron chi connectivity index (χ0n) is 11.0. The first-order chi connectivity index (χ1) is 8.00. The van der Waals surface area contributed by atoms with Crippen LogP contribution in [0.25, 0.3) is 0 Å². The monoisotopic (exact) mass is 241 g/mol. The van der Waals surface area contributed by atoms with Gasteiger partial charge in [-0.25, -0.2) is 0 Å². The van der Waals surface area contributed by atoms with Crippen LogP contribution in [0.1, 0.15) is 19.8 Å². The lowest BCUT2D eigenvalue weighted by Gasteiger charge is -2.31. The van der Waals surface area contributed by atoms with Crippen LogP contribution < -0.4 is 5.32 Å². The third-order valence-electron chi connectivity index (χ3n) is 3.10. The molecule has 0 aromatic heterocycles. The lowest BCUT2D eigenvalue weighted by Crippen LogP contribution is -2.45. The fourth-order valence-electron chi connectivity index (χ4n) is 2.02. The summed E-state index contributed by atoms with van der Waals surface area (Å²) in [7, 11) is 3.95. The smallest absolute Gasteiger partial charge is 0.224 e. The molecule has 1 aliphatic rings. The second kappa shape index (κ2) is 6.59. The summed E-state index contributed by atoms with van der Waals surface area (Å²) in [6.07, 6.45) is 1.81. The lowest BCUT2D eigenvalue weighted by atomic mass is 9.97. The maximum absolute atomic E-state index is 11.9. The fraction of sp³-hybridized carbons (Fsp3) is 0.833. The van der Waals surface area contributed by atoms with Gasteiger partial charge in [0, 0.05) is 33.1 Å². The van der Waals surface area contributed by atoms with Crippen molar-refractivity contribution in [3.05, 3.63) is 0 Å². The van der Waals surface area contributed by atoms with Crippen LogP contribution in [0.15, 0.2) is 0 Å². The van der Waals surface area contributed by atoms with Crippen LogP contribution >= 0.6 is 0 Å². The average Bonchev–Trinajstić information content (AvgIpc) is 2.28. The van der Waals surface area contributed by atoms with Crippen molar-refractivity contribution in [1.82, 2.24) is 15.1 Å². The molecule has 0 saturated carbocycles. The van der Waals surface area contributed by atoms with E-state index in [1.165, 1.54) is 0 Å². The predicted octanol–water partition coefficient (Wildman–Crippen LogP) is -0.0773. The molecule has 98 valence electrons. The van der Waals surface area contributed by atoms with Gasteiger partial charge in [0.05, 0.1) is 5.92 Å². The first-order valence-electron chi connectivity index (χ1n) is 6.18. The third kappa shape index (κ3) is 4.73. The number of nitrogens with zero attached hydrogens (tertiary/aromatic N) is 2. The summed E-state index contributed by atoms with van der Waals surface area (Å²) in [5, 5.41) is 2.92. The van der Waals surface area contributed by atoms with Crippen molar-refractivity contribution >= 4 is 11.8 Å². The Bertz CT molecular complexity index is 279. The van der Waals surface area contributed by atoms with Crippen LogP contribution in [-0.4, -0.2) is 61.9 Å². The largest absolute Gasteiger partial charge is 0.355 e. The Hall–Kier alpha value is -1.10. The van der Waals surface area contributed by atoms with E-state index in [9.17, 15) is 9.59 Å². The highest BCUT2D eigenvalue weighted by molar-refractivity contribution is 5.80. The Balaban J connectivity index is 2.33. The molecule has 1 N–H and O–H groups in total. The molecule has 5 heteroatoms. The number of hydrogen-bond donors (Lipinski definition) is 1. The van der Waals surface area contributed by atoms with Crippen molar-refractivity contribution in [2.45, 2.75) is 19.8 Å². The molecule has 1 saturated heterocycles. The molecule has 1 unspecified atom stereocenters. The second-order valence-corrected chi connectivity index (χ2v) is 4.90. The molecular formula is C12H23N3O2. The number of carbonyl (C=O) groups excluding carboxylic acids is 2. The molecule has 1 fully saturated rings. The highest BCUT2D eigenvalue weighted by Gasteiger charge is 2.26. The summed E-state index contributed by atoms with van der Waals surface area (Å²) in [6.45, 7) is 4.43. The molecule has 0 spiro atoms. The van der Waals surface area contributed by atoms with Crippen LogP contribution in [0.5, 0.6) is 0 Å². The van der Waals surface area contributed by atoms with E-state index in [1.54, 1.807) is 11.8 Å². The van der Waals surface area contributed by atoms with Crippen LogP contribution in [-0.2, 0) is 9.59 Å². The van der Waals surface area contributed by atoms with E-state index in [0.29, 0.717) is 13.1 Å². The van der Waals surface area contributed by atoms with Gasteiger partial charge < -0.3 is 15.1 Å². The Morgan fingerprint density at radius 3 is 2.71 bits per heavy atom. The molecule has 2 amide bonds. The predicted molar refractivity (Wildman–Crippen MR) is 66.5 cm³/mol. The quantitative estimate of drug-likeness (QED) is 0.749. The molecule has 0 radical (unpaired) electrons. The SMILES string of the molecule is CC(=O)N1CCCC(C(=O)NCCN(C)C)C1. The summed E-state index contributed by atoms with van der Waals surface area (Å²) in [5.41, 5.74) is 0. The van der Waals surface area contributed by atoms with E-state index in [-0.39, 0.29) is 17.7 Å². The van der Waals surface area contributed by atoms with Crippen LogP contribution in [0.4, 0.5) is 0 Å². The standard InChI is InChI=1S/C12H23N3O2/c1-10(16)15-7-4-5-11(9-15)12(17)13-6-8-14(2)3/h11H,4-9H2,1-3H3,(H,13,17). The number of carbonyl (C=O) groups is 2. The summed E-state index contributed by atoms with van der Waals surface area (Å²) >= 11 is 0. The van der Waals surface area contributed by atoms with Gasteiger partial charge in [-0.3, -0.25) is 9.59 Å². The normalized spacial score (nSPS) is 20.5. The molecule has 1 atom stereocenters. The van der Waals surface area contributed by atoms with Crippen molar-refractivity contribution in [3.63, 3.8) is 0 Å². The number of amides is 2. The molecule has 0 aromatic rings. The van der Waals surface area contributed by atoms with E-state index >= 15 is 0 Å². The van der Waals surface area contributed by atoms with Crippen molar-refractivity contribution in [1.29, 1.82) is 0 Å². The Morgan fingerprint density at radius 2 is 2.12 bits per heavy atom. The highest BCUT2D eigenvalue weighted by atomic mass is 16.2. The van der Waals surface area contributed by atoms with E-state index in [1.807, 2.05) is 19.0 Å². The van der Waals surface area contributed by atoms with Gasteiger partial charge in [-0.05, 0) is 26.9 Å². The van der Waals surface area contributed by atoms with Gasteiger partial charge in [-0.15, -0.1) is 0 Å². The highest BCUT2D eigenvalue weighted by Crippen LogP contribution is 2.16. The summed E-state index contributed by atoms with van der Waals surface area (Å²) in [6, 6.07) is 0. The summed E-state index contributed by atoms with van der Waals surface area (Å²) in [5.74, 6) is 0.114. The molecule has 0 aliphatic carbocycles. The molecule has 1 aliphatic heterocycles. The van der Waals surface area contributed by atoms with Gasteiger partial charge in [0.25, 0.3) is 0 Å². The first-order valence-corrected chi connectivity index (χ1v) is 6.18. The van der Waals surface area contributed by atoms with E-state index in [4.69, 9.17) is 0 Å². The van der Waals surface area contributed by atoms with Crippen molar-refractivity contribution < 1.29 is 9.59 Å². The number of nitrogens with one attached hydrogen (secondary N) is 1. The van der Waals surface area contributed by atoms with Crippen LogP contribution in [0.2, 0.25) is 0 Å². The zero-order valence-corrected chi connectivity index (χ0v) is 11.0. The number of rotatable bonds is 4. The van der Waals surface area contributed by atoms with Crippen molar-refractivity contribution in [2.75, 3.05) is 40.3 Å². The minimum Gasteiger partial charge on any atom is -0.355 e. The summed E-state index contributed by atoms with van der Waals surface area (Å²) < 4.78 is 0. The van der Waals surface area contributed by atoms with Crippen molar-refractivity contribution in [3.8, 4) is 0 Å². The second-order valence-electron chi connectivity index (χ2n) is 4.90. The van der Waals surface area contributed by atoms with Gasteiger partial charge >= 0.3 is 0 Å². The Kier molecular flexibility index (Phi) is 5.41. The Morgan fingerprint density at radius 1 is 1.41 bits per heavy atom. The topological polar surface area (TPSA) is 52.7 Å². The number of piperidine rings is 1. The van der Waals surface area contributed by atoms with Gasteiger partial charge in [0.2, 0.25) is 11.8 Å². The van der Waals surface area contributed by atoms with Crippen LogP contribution in [0, 0.1) is 5.92 Å². The molecule has 0 bridgehead atoms. The van der Waals surface area contributed by atoms with Gasteiger partial charge in [-0.2, -0.15) is 0 Å². The molecule has 17 heavy (non-hydrogen) atoms. The van der Waals surface area contributed by atoms with Crippen molar-refractivity contribution in [2.24, 2.45) is 5.92 Å². The lowest BCUT2D eigenvalue weighted by molar-refractivity contribution is -0.133. The van der Waals surface area contributed by atoms with Crippen LogP contribution in [0.3, 0.4) is 0 Å². The maximum Gasteiger partial charge on any atom is 0.224 e. The van der Waals surface area contributed by atoms with E-state index in [2.05, 4.69) is 5.32 Å². The third-order valence-corrected chi connectivity index (χ3v) is 3.10. The van der Waals surface area contributed by atoms with Gasteiger partial charge in [-0.1, -0.05) is 0 Å². The zero-order chi connectivity index (χ0) is 12.8. The number of likely N-dealkylation sites (N-methyl/N-ethyl adjacent to an activating group) is 1. The molecule has 5 nitrogen and oxygen atoms in total. The molecule has 1 heterocycles. The van der Waals surface area contributed by atoms with E-state index in [0.717, 1.165) is 25.9 Å². The van der Waals surface area contributed by atoms with Gasteiger partial charge in [0.1, 0.15) is 0 Å². The Labute approximate surface area is 103 Å². The first kappa shape index (κ1) is 14.0.